The number of nitrogens with zero attached hydrogens (tertiary/aromatic N) is 2. The Kier molecular flexibility index (Phi) is 13.8. The number of anilines is 1. The Morgan fingerprint density at radius 3 is 2.40 bits per heavy atom. The van der Waals surface area contributed by atoms with Crippen molar-refractivity contribution in [1.82, 2.24) is 9.80 Å². The van der Waals surface area contributed by atoms with Crippen LogP contribution in [0.1, 0.15) is 82.5 Å². The molecule has 1 fully saturated rings. The molecule has 1 aliphatic carbocycles. The average molecular weight is 674 g/mol. The SMILES string of the molecule is COc1ccc(S(=O)(=O)Nc2ccc3c(c2)C(=O)N([C@H](C)CO)C[C@H](C)[C@H](CN(C)CC2CCCCC2)OCCCC[C@@H](C)O3)cc1. The van der Waals surface area contributed by atoms with Gasteiger partial charge in [-0.05, 0) is 101 Å². The number of hydrogen-bond acceptors (Lipinski definition) is 8. The maximum Gasteiger partial charge on any atom is 0.261 e. The molecule has 0 saturated heterocycles. The molecule has 262 valence electrons. The number of likely N-dealkylation sites (N-methyl/N-ethyl adjacent to an activating group) is 1. The molecule has 4 rings (SSSR count). The first-order chi connectivity index (χ1) is 22.5. The van der Waals surface area contributed by atoms with Gasteiger partial charge in [0, 0.05) is 37.8 Å². The first-order valence-corrected chi connectivity index (χ1v) is 18.7. The number of carbonyl (C=O) groups is 1. The molecule has 2 N–H and O–H groups in total. The Hall–Kier alpha value is -2.86. The van der Waals surface area contributed by atoms with Gasteiger partial charge in [-0.1, -0.05) is 26.2 Å². The third-order valence-corrected chi connectivity index (χ3v) is 10.9. The van der Waals surface area contributed by atoms with E-state index in [0.717, 1.165) is 32.4 Å². The fraction of sp³-hybridized carbons (Fsp3) is 0.639. The molecule has 2 aliphatic rings. The molecule has 2 aromatic rings. The maximum absolute atomic E-state index is 14.4. The number of aliphatic hydroxyl groups is 1. The van der Waals surface area contributed by atoms with Crippen LogP contribution in [0.25, 0.3) is 0 Å². The minimum Gasteiger partial charge on any atom is -0.497 e. The molecule has 1 heterocycles. The number of benzene rings is 2. The van der Waals surface area contributed by atoms with Crippen LogP contribution in [0.5, 0.6) is 11.5 Å². The van der Waals surface area contributed by atoms with E-state index in [0.29, 0.717) is 30.6 Å². The molecule has 0 spiro atoms. The van der Waals surface area contributed by atoms with Gasteiger partial charge in [-0.15, -0.1) is 0 Å². The number of fused-ring (bicyclic) bond motifs is 1. The van der Waals surface area contributed by atoms with E-state index in [1.165, 1.54) is 57.4 Å². The van der Waals surface area contributed by atoms with Crippen molar-refractivity contribution in [3.8, 4) is 11.5 Å². The summed E-state index contributed by atoms with van der Waals surface area (Å²) in [5.41, 5.74) is 0.476. The van der Waals surface area contributed by atoms with Gasteiger partial charge >= 0.3 is 0 Å². The van der Waals surface area contributed by atoms with Crippen molar-refractivity contribution in [2.45, 2.75) is 95.3 Å². The molecular weight excluding hydrogens is 618 g/mol. The number of sulfonamides is 1. The molecule has 1 amide bonds. The highest BCUT2D eigenvalue weighted by atomic mass is 32.2. The highest BCUT2D eigenvalue weighted by Gasteiger charge is 2.31. The van der Waals surface area contributed by atoms with Gasteiger partial charge in [-0.2, -0.15) is 0 Å². The van der Waals surface area contributed by atoms with E-state index >= 15 is 0 Å². The minimum atomic E-state index is -3.95. The Labute approximate surface area is 281 Å². The third-order valence-electron chi connectivity index (χ3n) is 9.46. The summed E-state index contributed by atoms with van der Waals surface area (Å²) in [6.07, 6.45) is 8.82. The number of ether oxygens (including phenoxy) is 3. The second kappa shape index (κ2) is 17.5. The highest BCUT2D eigenvalue weighted by molar-refractivity contribution is 7.92. The van der Waals surface area contributed by atoms with Crippen molar-refractivity contribution in [3.05, 3.63) is 48.0 Å². The van der Waals surface area contributed by atoms with E-state index < -0.39 is 16.1 Å². The van der Waals surface area contributed by atoms with Gasteiger partial charge < -0.3 is 29.1 Å². The van der Waals surface area contributed by atoms with Gasteiger partial charge in [0.25, 0.3) is 15.9 Å². The number of aliphatic hydroxyl groups excluding tert-OH is 1. The first-order valence-electron chi connectivity index (χ1n) is 17.2. The van der Waals surface area contributed by atoms with Gasteiger partial charge in [-0.3, -0.25) is 9.52 Å². The van der Waals surface area contributed by atoms with Crippen molar-refractivity contribution in [2.24, 2.45) is 11.8 Å². The fourth-order valence-electron chi connectivity index (χ4n) is 6.61. The summed E-state index contributed by atoms with van der Waals surface area (Å²) in [4.78, 5) is 18.5. The largest absolute Gasteiger partial charge is 0.497 e. The van der Waals surface area contributed by atoms with Crippen LogP contribution in [0.3, 0.4) is 0 Å². The molecule has 47 heavy (non-hydrogen) atoms. The summed E-state index contributed by atoms with van der Waals surface area (Å²) in [6.45, 7) is 8.48. The summed E-state index contributed by atoms with van der Waals surface area (Å²) < 4.78 is 47.1. The number of amides is 1. The summed E-state index contributed by atoms with van der Waals surface area (Å²) in [5, 5.41) is 10.3. The molecule has 10 nitrogen and oxygen atoms in total. The second-order valence-corrected chi connectivity index (χ2v) is 15.2. The Balaban J connectivity index is 1.61. The Bertz CT molecular complexity index is 1380. The number of methoxy groups -OCH3 is 1. The van der Waals surface area contributed by atoms with Crippen molar-refractivity contribution in [3.63, 3.8) is 0 Å². The van der Waals surface area contributed by atoms with E-state index in [1.807, 2.05) is 13.8 Å². The second-order valence-electron chi connectivity index (χ2n) is 13.5. The van der Waals surface area contributed by atoms with Crippen molar-refractivity contribution in [2.75, 3.05) is 51.7 Å². The van der Waals surface area contributed by atoms with Gasteiger partial charge in [0.1, 0.15) is 11.5 Å². The lowest BCUT2D eigenvalue weighted by atomic mass is 9.89. The lowest BCUT2D eigenvalue weighted by Gasteiger charge is -2.36. The monoisotopic (exact) mass is 673 g/mol. The topological polar surface area (TPSA) is 118 Å². The highest BCUT2D eigenvalue weighted by Crippen LogP contribution is 2.30. The summed E-state index contributed by atoms with van der Waals surface area (Å²) in [7, 11) is -0.266. The fourth-order valence-corrected chi connectivity index (χ4v) is 7.66. The van der Waals surface area contributed by atoms with E-state index in [2.05, 4.69) is 23.6 Å². The van der Waals surface area contributed by atoms with Crippen LogP contribution in [-0.4, -0.2) is 94.5 Å². The van der Waals surface area contributed by atoms with Crippen LogP contribution in [0, 0.1) is 11.8 Å². The zero-order valence-corrected chi connectivity index (χ0v) is 29.6. The predicted molar refractivity (Wildman–Crippen MR) is 185 cm³/mol. The summed E-state index contributed by atoms with van der Waals surface area (Å²) >= 11 is 0. The van der Waals surface area contributed by atoms with Crippen LogP contribution in [0.15, 0.2) is 47.4 Å². The van der Waals surface area contributed by atoms with Crippen LogP contribution in [0.4, 0.5) is 5.69 Å². The summed E-state index contributed by atoms with van der Waals surface area (Å²) in [5.74, 6) is 1.28. The van der Waals surface area contributed by atoms with Crippen LogP contribution < -0.4 is 14.2 Å². The molecule has 11 heteroatoms. The number of nitrogens with one attached hydrogen (secondary N) is 1. The van der Waals surface area contributed by atoms with Crippen LogP contribution in [-0.2, 0) is 14.8 Å². The van der Waals surface area contributed by atoms with Gasteiger partial charge in [0.15, 0.2) is 0 Å². The van der Waals surface area contributed by atoms with Crippen molar-refractivity contribution in [1.29, 1.82) is 0 Å². The molecule has 0 radical (unpaired) electrons. The van der Waals surface area contributed by atoms with E-state index in [4.69, 9.17) is 14.2 Å². The lowest BCUT2D eigenvalue weighted by Crippen LogP contribution is -2.47. The van der Waals surface area contributed by atoms with Crippen molar-refractivity contribution >= 4 is 21.6 Å². The normalized spacial score (nSPS) is 23.0. The lowest BCUT2D eigenvalue weighted by molar-refractivity contribution is -0.0190. The Morgan fingerprint density at radius 2 is 1.72 bits per heavy atom. The molecule has 0 bridgehead atoms. The third kappa shape index (κ3) is 10.6. The zero-order chi connectivity index (χ0) is 34.0. The number of rotatable bonds is 10. The predicted octanol–water partition coefficient (Wildman–Crippen LogP) is 5.80. The van der Waals surface area contributed by atoms with Gasteiger partial charge in [0.2, 0.25) is 0 Å². The number of carbonyl (C=O) groups excluding carboxylic acids is 1. The van der Waals surface area contributed by atoms with Crippen LogP contribution in [0.2, 0.25) is 0 Å². The molecular formula is C36H55N3O7S. The van der Waals surface area contributed by atoms with E-state index in [1.54, 1.807) is 29.2 Å². The zero-order valence-electron chi connectivity index (χ0n) is 28.8. The van der Waals surface area contributed by atoms with Gasteiger partial charge in [0.05, 0.1) is 42.4 Å². The number of hydrogen-bond donors (Lipinski definition) is 2. The molecule has 0 aromatic heterocycles. The smallest absolute Gasteiger partial charge is 0.261 e. The van der Waals surface area contributed by atoms with E-state index in [-0.39, 0.29) is 46.8 Å². The van der Waals surface area contributed by atoms with Crippen LogP contribution >= 0.6 is 0 Å². The molecule has 0 unspecified atom stereocenters. The maximum atomic E-state index is 14.4. The molecule has 1 saturated carbocycles. The summed E-state index contributed by atoms with van der Waals surface area (Å²) in [6, 6.07) is 10.4. The standard InChI is InChI=1S/C36H55N3O7S/c1-26-22-39(27(2)25-40)36(41)33-21-30(37-47(42,43)32-17-15-31(44-5)16-18-32)14-19-34(33)46-28(3)11-9-10-20-45-35(26)24-38(4)23-29-12-7-6-8-13-29/h14-19,21,26-29,35,37,40H,6-13,20,22-25H2,1-5H3/t26-,27+,28+,35-/m0/s1. The Morgan fingerprint density at radius 1 is 1.02 bits per heavy atom. The minimum absolute atomic E-state index is 0.0234. The quantitative estimate of drug-likeness (QED) is 0.325. The van der Waals surface area contributed by atoms with Gasteiger partial charge in [-0.25, -0.2) is 8.42 Å². The molecule has 2 aromatic carbocycles. The van der Waals surface area contributed by atoms with Crippen molar-refractivity contribution < 1.29 is 32.5 Å². The molecule has 1 aliphatic heterocycles. The molecule has 4 atom stereocenters. The van der Waals surface area contributed by atoms with E-state index in [9.17, 15) is 18.3 Å². The first kappa shape index (κ1) is 37.0. The average Bonchev–Trinajstić information content (AvgIpc) is 3.06.